The van der Waals surface area contributed by atoms with E-state index in [2.05, 4.69) is 5.32 Å². The number of carbonyl (C=O) groups excluding carboxylic acids is 1. The van der Waals surface area contributed by atoms with Crippen LogP contribution in [0.2, 0.25) is 0 Å². The van der Waals surface area contributed by atoms with Crippen molar-refractivity contribution in [3.8, 4) is 0 Å². The second-order valence-corrected chi connectivity index (χ2v) is 6.78. The van der Waals surface area contributed by atoms with Gasteiger partial charge in [0, 0.05) is 6.42 Å². The standard InChI is InChI=1S/C18H25NO2/c20-12-17(10-13-4-2-1-3-5-13)19-18(21)11-16-9-14-6-7-15(16)8-14/h1-5,14-17,20H,6-12H2,(H,19,21). The van der Waals surface area contributed by atoms with Crippen molar-refractivity contribution in [1.82, 2.24) is 5.32 Å². The van der Waals surface area contributed by atoms with E-state index < -0.39 is 0 Å². The van der Waals surface area contributed by atoms with Crippen molar-refractivity contribution in [2.45, 2.75) is 44.6 Å². The maximum atomic E-state index is 12.2. The first kappa shape index (κ1) is 14.6. The van der Waals surface area contributed by atoms with Crippen LogP contribution in [0.5, 0.6) is 0 Å². The van der Waals surface area contributed by atoms with Crippen molar-refractivity contribution in [3.63, 3.8) is 0 Å². The molecular weight excluding hydrogens is 262 g/mol. The average Bonchev–Trinajstić information content (AvgIpc) is 3.10. The van der Waals surface area contributed by atoms with Gasteiger partial charge in [0.05, 0.1) is 12.6 Å². The highest BCUT2D eigenvalue weighted by molar-refractivity contribution is 5.76. The first-order chi connectivity index (χ1) is 10.2. The number of fused-ring (bicyclic) bond motifs is 2. The molecule has 3 heteroatoms. The summed E-state index contributed by atoms with van der Waals surface area (Å²) in [4.78, 5) is 12.2. The number of rotatable bonds is 6. The molecule has 2 aliphatic carbocycles. The Bertz CT molecular complexity index is 473. The zero-order chi connectivity index (χ0) is 14.7. The third-order valence-corrected chi connectivity index (χ3v) is 5.24. The molecule has 3 nitrogen and oxygen atoms in total. The molecule has 3 rings (SSSR count). The number of hydrogen-bond acceptors (Lipinski definition) is 2. The van der Waals surface area contributed by atoms with E-state index in [0.29, 0.717) is 18.8 Å². The molecule has 2 saturated carbocycles. The van der Waals surface area contributed by atoms with Crippen LogP contribution in [0.3, 0.4) is 0 Å². The Balaban J connectivity index is 1.48. The largest absolute Gasteiger partial charge is 0.394 e. The van der Waals surface area contributed by atoms with Crippen molar-refractivity contribution in [2.24, 2.45) is 17.8 Å². The average molecular weight is 287 g/mol. The van der Waals surface area contributed by atoms with Crippen LogP contribution < -0.4 is 5.32 Å². The molecule has 0 radical (unpaired) electrons. The quantitative estimate of drug-likeness (QED) is 0.844. The smallest absolute Gasteiger partial charge is 0.220 e. The summed E-state index contributed by atoms with van der Waals surface area (Å²) in [5.74, 6) is 2.36. The van der Waals surface area contributed by atoms with Crippen LogP contribution in [0.25, 0.3) is 0 Å². The Morgan fingerprint density at radius 2 is 2.05 bits per heavy atom. The summed E-state index contributed by atoms with van der Waals surface area (Å²) in [5, 5.41) is 12.5. The first-order valence-corrected chi connectivity index (χ1v) is 8.18. The van der Waals surface area contributed by atoms with Gasteiger partial charge < -0.3 is 10.4 Å². The highest BCUT2D eigenvalue weighted by Gasteiger charge is 2.40. The van der Waals surface area contributed by atoms with Gasteiger partial charge in [-0.1, -0.05) is 36.8 Å². The second-order valence-electron chi connectivity index (χ2n) is 6.78. The van der Waals surface area contributed by atoms with Crippen LogP contribution in [-0.2, 0) is 11.2 Å². The van der Waals surface area contributed by atoms with E-state index in [9.17, 15) is 9.90 Å². The second kappa shape index (κ2) is 6.61. The van der Waals surface area contributed by atoms with E-state index in [4.69, 9.17) is 0 Å². The van der Waals surface area contributed by atoms with E-state index in [1.165, 1.54) is 25.7 Å². The van der Waals surface area contributed by atoms with E-state index in [0.717, 1.165) is 17.4 Å². The summed E-state index contributed by atoms with van der Waals surface area (Å²) in [7, 11) is 0. The lowest BCUT2D eigenvalue weighted by Gasteiger charge is -2.23. The summed E-state index contributed by atoms with van der Waals surface area (Å²) >= 11 is 0. The number of amides is 1. The molecule has 114 valence electrons. The van der Waals surface area contributed by atoms with Crippen LogP contribution in [0.1, 0.15) is 37.7 Å². The molecule has 0 aromatic heterocycles. The fraction of sp³-hybridized carbons (Fsp3) is 0.611. The molecular formula is C18H25NO2. The minimum atomic E-state index is -0.168. The number of carbonyl (C=O) groups is 1. The lowest BCUT2D eigenvalue weighted by molar-refractivity contribution is -0.123. The Morgan fingerprint density at radius 1 is 1.24 bits per heavy atom. The molecule has 0 spiro atoms. The fourth-order valence-electron chi connectivity index (χ4n) is 4.21. The molecule has 1 amide bonds. The third-order valence-electron chi connectivity index (χ3n) is 5.24. The summed E-state index contributed by atoms with van der Waals surface area (Å²) in [6.45, 7) is -0.00262. The maximum absolute atomic E-state index is 12.2. The molecule has 2 bridgehead atoms. The molecule has 2 fully saturated rings. The molecule has 2 N–H and O–H groups in total. The number of benzene rings is 1. The van der Waals surface area contributed by atoms with Crippen molar-refractivity contribution in [3.05, 3.63) is 35.9 Å². The predicted molar refractivity (Wildman–Crippen MR) is 82.7 cm³/mol. The van der Waals surface area contributed by atoms with Gasteiger partial charge >= 0.3 is 0 Å². The third kappa shape index (κ3) is 3.65. The lowest BCUT2D eigenvalue weighted by atomic mass is 9.86. The Hall–Kier alpha value is -1.35. The van der Waals surface area contributed by atoms with Crippen molar-refractivity contribution in [1.29, 1.82) is 0 Å². The van der Waals surface area contributed by atoms with Gasteiger partial charge in [0.2, 0.25) is 5.91 Å². The van der Waals surface area contributed by atoms with Crippen LogP contribution in [0.4, 0.5) is 0 Å². The molecule has 0 heterocycles. The monoisotopic (exact) mass is 287 g/mol. The van der Waals surface area contributed by atoms with E-state index >= 15 is 0 Å². The summed E-state index contributed by atoms with van der Waals surface area (Å²) in [6, 6.07) is 9.85. The molecule has 4 atom stereocenters. The van der Waals surface area contributed by atoms with Gasteiger partial charge in [-0.25, -0.2) is 0 Å². The summed E-state index contributed by atoms with van der Waals surface area (Å²) in [6.07, 6.45) is 6.60. The summed E-state index contributed by atoms with van der Waals surface area (Å²) < 4.78 is 0. The topological polar surface area (TPSA) is 49.3 Å². The molecule has 1 aromatic rings. The predicted octanol–water partition coefficient (Wildman–Crippen LogP) is 2.53. The molecule has 0 aliphatic heterocycles. The Morgan fingerprint density at radius 3 is 2.67 bits per heavy atom. The van der Waals surface area contributed by atoms with Crippen molar-refractivity contribution < 1.29 is 9.90 Å². The molecule has 21 heavy (non-hydrogen) atoms. The van der Waals surface area contributed by atoms with Gasteiger partial charge in [-0.05, 0) is 49.0 Å². The zero-order valence-corrected chi connectivity index (χ0v) is 12.5. The number of nitrogens with one attached hydrogen (secondary N) is 1. The van der Waals surface area contributed by atoms with Crippen LogP contribution in [0.15, 0.2) is 30.3 Å². The highest BCUT2D eigenvalue weighted by Crippen LogP contribution is 2.49. The lowest BCUT2D eigenvalue weighted by Crippen LogP contribution is -2.40. The Kier molecular flexibility index (Phi) is 4.59. The van der Waals surface area contributed by atoms with E-state index in [1.54, 1.807) is 0 Å². The minimum absolute atomic E-state index is 0.00262. The van der Waals surface area contributed by atoms with Gasteiger partial charge in [-0.2, -0.15) is 0 Å². The normalized spacial score (nSPS) is 28.5. The Labute approximate surface area is 126 Å². The molecule has 2 aliphatic rings. The van der Waals surface area contributed by atoms with Gasteiger partial charge in [0.25, 0.3) is 0 Å². The molecule has 4 unspecified atom stereocenters. The van der Waals surface area contributed by atoms with Crippen LogP contribution in [-0.4, -0.2) is 23.7 Å². The first-order valence-electron chi connectivity index (χ1n) is 8.18. The van der Waals surface area contributed by atoms with Crippen molar-refractivity contribution in [2.75, 3.05) is 6.61 Å². The maximum Gasteiger partial charge on any atom is 0.220 e. The van der Waals surface area contributed by atoms with Crippen LogP contribution >= 0.6 is 0 Å². The van der Waals surface area contributed by atoms with Gasteiger partial charge in [0.1, 0.15) is 0 Å². The number of hydrogen-bond donors (Lipinski definition) is 2. The zero-order valence-electron chi connectivity index (χ0n) is 12.5. The van der Waals surface area contributed by atoms with Crippen molar-refractivity contribution >= 4 is 5.91 Å². The van der Waals surface area contributed by atoms with Gasteiger partial charge in [-0.3, -0.25) is 4.79 Å². The number of aliphatic hydroxyl groups excluding tert-OH is 1. The molecule has 1 aromatic carbocycles. The van der Waals surface area contributed by atoms with Gasteiger partial charge in [0.15, 0.2) is 0 Å². The van der Waals surface area contributed by atoms with E-state index in [-0.39, 0.29) is 18.6 Å². The molecule has 0 saturated heterocycles. The minimum Gasteiger partial charge on any atom is -0.394 e. The fourth-order valence-corrected chi connectivity index (χ4v) is 4.21. The van der Waals surface area contributed by atoms with E-state index in [1.807, 2.05) is 30.3 Å². The van der Waals surface area contributed by atoms with Gasteiger partial charge in [-0.15, -0.1) is 0 Å². The number of aliphatic hydroxyl groups is 1. The highest BCUT2D eigenvalue weighted by atomic mass is 16.3. The summed E-state index contributed by atoms with van der Waals surface area (Å²) in [5.41, 5.74) is 1.15. The SMILES string of the molecule is O=C(CC1CC2CCC1C2)NC(CO)Cc1ccccc1. The van der Waals surface area contributed by atoms with Crippen LogP contribution in [0, 0.1) is 17.8 Å².